The predicted molar refractivity (Wildman–Crippen MR) is 206 cm³/mol. The first-order chi connectivity index (χ1) is 24.7. The molecule has 9 rings (SSSR count). The molecule has 0 atom stereocenters. The fraction of sp³-hybridized carbons (Fsp3) is 0.152. The van der Waals surface area contributed by atoms with Gasteiger partial charge in [-0.25, -0.2) is 15.0 Å². The second-order valence-electron chi connectivity index (χ2n) is 13.7. The zero-order chi connectivity index (χ0) is 33.5. The van der Waals surface area contributed by atoms with Crippen LogP contribution in [0.25, 0.3) is 61.7 Å². The zero-order valence-corrected chi connectivity index (χ0v) is 28.3. The van der Waals surface area contributed by atoms with E-state index in [2.05, 4.69) is 127 Å². The smallest absolute Gasteiger partial charge is 0.164 e. The quantitative estimate of drug-likeness (QED) is 0.181. The summed E-state index contributed by atoms with van der Waals surface area (Å²) < 4.78 is 2.45. The van der Waals surface area contributed by atoms with Crippen molar-refractivity contribution in [1.29, 1.82) is 0 Å². The van der Waals surface area contributed by atoms with Gasteiger partial charge in [-0.1, -0.05) is 152 Å². The molecule has 1 aliphatic carbocycles. The summed E-state index contributed by atoms with van der Waals surface area (Å²) in [5, 5.41) is 2.59. The Balaban J connectivity index is 1.16. The highest BCUT2D eigenvalue weighted by Crippen LogP contribution is 2.47. The lowest BCUT2D eigenvalue weighted by molar-refractivity contribution is 0.346. The molecule has 6 aromatic carbocycles. The molecule has 4 nitrogen and oxygen atoms in total. The van der Waals surface area contributed by atoms with E-state index >= 15 is 0 Å². The first-order valence-electron chi connectivity index (χ1n) is 17.7. The lowest BCUT2D eigenvalue weighted by Crippen LogP contribution is -2.30. The number of hydrogen-bond acceptors (Lipinski definition) is 3. The number of rotatable bonds is 6. The number of benzene rings is 6. The van der Waals surface area contributed by atoms with Crippen LogP contribution in [0.5, 0.6) is 0 Å². The molecule has 50 heavy (non-hydrogen) atoms. The summed E-state index contributed by atoms with van der Waals surface area (Å²) in [6.45, 7) is 2.15. The third-order valence-electron chi connectivity index (χ3n) is 10.6. The summed E-state index contributed by atoms with van der Waals surface area (Å²) in [6.07, 6.45) is 5.97. The van der Waals surface area contributed by atoms with Gasteiger partial charge in [-0.2, -0.15) is 0 Å². The van der Waals surface area contributed by atoms with Crippen LogP contribution in [-0.2, 0) is 5.41 Å². The molecule has 2 aromatic heterocycles. The Bertz CT molecular complexity index is 2380. The molecule has 242 valence electrons. The Morgan fingerprint density at radius 1 is 0.460 bits per heavy atom. The van der Waals surface area contributed by atoms with Gasteiger partial charge in [0, 0.05) is 38.6 Å². The standard InChI is InChI=1S/C46H38N4/c1-32-19-26-38(27-20-32)50-41-18-10-9-17-39(41)40-28-25-37(31-42(40)50)46(29-11-4-12-30-46)36-23-21-35(22-24-36)45-48-43(33-13-5-2-6-14-33)47-44(49-45)34-15-7-3-8-16-34/h2-3,5-10,13-28,31H,4,11-12,29-30H2,1H3. The first-order valence-corrected chi connectivity index (χ1v) is 17.7. The van der Waals surface area contributed by atoms with Gasteiger partial charge in [0.05, 0.1) is 11.0 Å². The average molecular weight is 647 g/mol. The topological polar surface area (TPSA) is 43.6 Å². The maximum absolute atomic E-state index is 4.99. The molecule has 4 heteroatoms. The molecular formula is C46H38N4. The number of aromatic nitrogens is 4. The van der Waals surface area contributed by atoms with E-state index < -0.39 is 0 Å². The van der Waals surface area contributed by atoms with Gasteiger partial charge in [0.15, 0.2) is 17.5 Å². The molecule has 0 spiro atoms. The van der Waals surface area contributed by atoms with Gasteiger partial charge in [-0.3, -0.25) is 0 Å². The summed E-state index contributed by atoms with van der Waals surface area (Å²) in [7, 11) is 0. The van der Waals surface area contributed by atoms with E-state index in [1.807, 2.05) is 36.4 Å². The van der Waals surface area contributed by atoms with Crippen molar-refractivity contribution in [2.75, 3.05) is 0 Å². The van der Waals surface area contributed by atoms with Gasteiger partial charge in [0.1, 0.15) is 0 Å². The van der Waals surface area contributed by atoms with Gasteiger partial charge in [-0.15, -0.1) is 0 Å². The van der Waals surface area contributed by atoms with E-state index in [-0.39, 0.29) is 5.41 Å². The molecule has 1 aliphatic rings. The van der Waals surface area contributed by atoms with Crippen molar-refractivity contribution in [2.24, 2.45) is 0 Å². The molecule has 8 aromatic rings. The summed E-state index contributed by atoms with van der Waals surface area (Å²) in [5.41, 5.74) is 10.6. The third kappa shape index (κ3) is 5.28. The van der Waals surface area contributed by atoms with Crippen molar-refractivity contribution in [3.63, 3.8) is 0 Å². The van der Waals surface area contributed by atoms with Gasteiger partial charge < -0.3 is 4.57 Å². The molecule has 0 N–H and O–H groups in total. The van der Waals surface area contributed by atoms with Crippen molar-refractivity contribution < 1.29 is 0 Å². The highest BCUT2D eigenvalue weighted by atomic mass is 15.0. The molecule has 0 bridgehead atoms. The van der Waals surface area contributed by atoms with Crippen LogP contribution in [0, 0.1) is 6.92 Å². The average Bonchev–Trinajstić information content (AvgIpc) is 3.53. The van der Waals surface area contributed by atoms with E-state index in [0.717, 1.165) is 29.5 Å². The Kier molecular flexibility index (Phi) is 7.58. The Morgan fingerprint density at radius 3 is 1.60 bits per heavy atom. The molecule has 2 heterocycles. The molecule has 1 fully saturated rings. The molecule has 0 aliphatic heterocycles. The van der Waals surface area contributed by atoms with Crippen molar-refractivity contribution >= 4 is 21.8 Å². The second kappa shape index (κ2) is 12.5. The van der Waals surface area contributed by atoms with Crippen molar-refractivity contribution in [2.45, 2.75) is 44.4 Å². The van der Waals surface area contributed by atoms with Crippen LogP contribution in [0.1, 0.15) is 48.8 Å². The van der Waals surface area contributed by atoms with Gasteiger partial charge >= 0.3 is 0 Å². The molecule has 0 radical (unpaired) electrons. The molecular weight excluding hydrogens is 609 g/mol. The highest BCUT2D eigenvalue weighted by Gasteiger charge is 2.36. The van der Waals surface area contributed by atoms with Crippen LogP contribution in [0.2, 0.25) is 0 Å². The van der Waals surface area contributed by atoms with E-state index in [1.165, 1.54) is 63.4 Å². The fourth-order valence-electron chi connectivity index (χ4n) is 8.02. The molecule has 0 amide bonds. The minimum Gasteiger partial charge on any atom is -0.309 e. The monoisotopic (exact) mass is 646 g/mol. The normalized spacial score (nSPS) is 14.3. The van der Waals surface area contributed by atoms with Crippen LogP contribution in [0.4, 0.5) is 0 Å². The van der Waals surface area contributed by atoms with Gasteiger partial charge in [0.25, 0.3) is 0 Å². The maximum Gasteiger partial charge on any atom is 0.164 e. The van der Waals surface area contributed by atoms with E-state index in [1.54, 1.807) is 0 Å². The summed E-state index contributed by atoms with van der Waals surface area (Å²) in [5.74, 6) is 2.05. The van der Waals surface area contributed by atoms with Crippen LogP contribution >= 0.6 is 0 Å². The fourth-order valence-corrected chi connectivity index (χ4v) is 8.02. The number of nitrogens with zero attached hydrogens (tertiary/aromatic N) is 4. The lowest BCUT2D eigenvalue weighted by atomic mass is 9.65. The number of fused-ring (bicyclic) bond motifs is 3. The Labute approximate surface area is 293 Å². The van der Waals surface area contributed by atoms with E-state index in [0.29, 0.717) is 17.5 Å². The van der Waals surface area contributed by atoms with Crippen molar-refractivity contribution in [3.8, 4) is 39.9 Å². The lowest BCUT2D eigenvalue weighted by Gasteiger charge is -2.39. The third-order valence-corrected chi connectivity index (χ3v) is 10.6. The largest absolute Gasteiger partial charge is 0.309 e. The predicted octanol–water partition coefficient (Wildman–Crippen LogP) is 11.5. The first kappa shape index (κ1) is 30.2. The van der Waals surface area contributed by atoms with E-state index in [9.17, 15) is 0 Å². The second-order valence-corrected chi connectivity index (χ2v) is 13.7. The molecule has 1 saturated carbocycles. The molecule has 0 saturated heterocycles. The van der Waals surface area contributed by atoms with Crippen LogP contribution in [0.15, 0.2) is 152 Å². The minimum atomic E-state index is -0.0664. The minimum absolute atomic E-state index is 0.0664. The SMILES string of the molecule is Cc1ccc(-n2c3ccccc3c3ccc(C4(c5ccc(-c6nc(-c7ccccc7)nc(-c7ccccc7)n6)cc5)CCCCC4)cc32)cc1. The van der Waals surface area contributed by atoms with E-state index in [4.69, 9.17) is 15.0 Å². The zero-order valence-electron chi connectivity index (χ0n) is 28.3. The number of hydrogen-bond donors (Lipinski definition) is 0. The summed E-state index contributed by atoms with van der Waals surface area (Å²) in [4.78, 5) is 14.9. The van der Waals surface area contributed by atoms with Crippen LogP contribution in [0.3, 0.4) is 0 Å². The van der Waals surface area contributed by atoms with Gasteiger partial charge in [-0.05, 0) is 55.2 Å². The number of aryl methyl sites for hydroxylation is 1. The maximum atomic E-state index is 4.99. The van der Waals surface area contributed by atoms with Crippen LogP contribution < -0.4 is 0 Å². The Hall–Kier alpha value is -5.87. The summed E-state index contributed by atoms with van der Waals surface area (Å²) in [6, 6.07) is 54.4. The van der Waals surface area contributed by atoms with Gasteiger partial charge in [0.2, 0.25) is 0 Å². The number of para-hydroxylation sites is 1. The Morgan fingerprint density at radius 2 is 0.980 bits per heavy atom. The van der Waals surface area contributed by atoms with Crippen molar-refractivity contribution in [1.82, 2.24) is 19.5 Å². The van der Waals surface area contributed by atoms with Crippen LogP contribution in [-0.4, -0.2) is 19.5 Å². The molecule has 0 unspecified atom stereocenters. The highest BCUT2D eigenvalue weighted by molar-refractivity contribution is 6.09. The summed E-state index contributed by atoms with van der Waals surface area (Å²) >= 11 is 0. The van der Waals surface area contributed by atoms with Crippen molar-refractivity contribution in [3.05, 3.63) is 168 Å².